The second-order valence-electron chi connectivity index (χ2n) is 7.95. The number of benzene rings is 2. The molecule has 1 unspecified atom stereocenters. The van der Waals surface area contributed by atoms with Gasteiger partial charge < -0.3 is 23.7 Å². The Morgan fingerprint density at radius 2 is 1.83 bits per heavy atom. The first kappa shape index (κ1) is 23.7. The zero-order valence-electron chi connectivity index (χ0n) is 19.5. The van der Waals surface area contributed by atoms with Crippen molar-refractivity contribution in [1.29, 1.82) is 0 Å². The molecule has 0 radical (unpaired) electrons. The highest BCUT2D eigenvalue weighted by Crippen LogP contribution is 2.54. The monoisotopic (exact) mass is 516 g/mol. The number of amides is 1. The number of nitrogens with zero attached hydrogens (tertiary/aromatic N) is 2. The van der Waals surface area contributed by atoms with Crippen LogP contribution in [0.3, 0.4) is 0 Å². The van der Waals surface area contributed by atoms with Crippen LogP contribution < -0.4 is 28.7 Å². The maximum absolute atomic E-state index is 13.6. The van der Waals surface area contributed by atoms with Gasteiger partial charge in [-0.1, -0.05) is 11.3 Å². The Labute approximate surface area is 208 Å². The number of halogens is 1. The topological polar surface area (TPSA) is 106 Å². The van der Waals surface area contributed by atoms with Crippen molar-refractivity contribution in [3.8, 4) is 23.0 Å². The van der Waals surface area contributed by atoms with Crippen LogP contribution in [0.4, 0.5) is 15.9 Å². The number of methoxy groups -OCH3 is 3. The standard InChI is InChI=1S/C24H21FN2O8S/c1-31-18(29)10-26-23-22(36-24(26)30)15(9-17(28)27(23)13-6-4-12(25)5-7-13)14-8-16-20(35-11-34-16)21(33-3)19(14)32-2/h4-8,15H,9-11H2,1-3H3. The molecule has 1 aromatic heterocycles. The lowest BCUT2D eigenvalue weighted by Crippen LogP contribution is -2.36. The molecule has 0 bridgehead atoms. The number of aromatic nitrogens is 1. The van der Waals surface area contributed by atoms with Crippen molar-refractivity contribution in [1.82, 2.24) is 4.57 Å². The fourth-order valence-electron chi connectivity index (χ4n) is 4.46. The van der Waals surface area contributed by atoms with Gasteiger partial charge in [-0.05, 0) is 30.3 Å². The van der Waals surface area contributed by atoms with E-state index in [9.17, 15) is 18.8 Å². The van der Waals surface area contributed by atoms with Crippen molar-refractivity contribution < 1.29 is 37.7 Å². The van der Waals surface area contributed by atoms with Crippen molar-refractivity contribution in [3.05, 3.63) is 56.3 Å². The van der Waals surface area contributed by atoms with E-state index < -0.39 is 29.1 Å². The number of hydrogen-bond donors (Lipinski definition) is 0. The molecule has 0 saturated carbocycles. The number of anilines is 2. The number of rotatable bonds is 6. The molecular weight excluding hydrogens is 495 g/mol. The third-order valence-electron chi connectivity index (χ3n) is 6.04. The van der Waals surface area contributed by atoms with Gasteiger partial charge in [-0.3, -0.25) is 23.9 Å². The van der Waals surface area contributed by atoms with Gasteiger partial charge in [0.25, 0.3) is 0 Å². The summed E-state index contributed by atoms with van der Waals surface area (Å²) in [6, 6.07) is 7.01. The van der Waals surface area contributed by atoms with E-state index in [1.807, 2.05) is 0 Å². The Bertz CT molecular complexity index is 1410. The number of hydrogen-bond acceptors (Lipinski definition) is 9. The second-order valence-corrected chi connectivity index (χ2v) is 8.94. The average Bonchev–Trinajstić information content (AvgIpc) is 3.47. The third-order valence-corrected chi connectivity index (χ3v) is 7.12. The fourth-order valence-corrected chi connectivity index (χ4v) is 5.55. The summed E-state index contributed by atoms with van der Waals surface area (Å²) < 4.78 is 41.9. The smallest absolute Gasteiger partial charge is 0.325 e. The second kappa shape index (κ2) is 9.19. The van der Waals surface area contributed by atoms with E-state index in [1.54, 1.807) is 6.07 Å². The quantitative estimate of drug-likeness (QED) is 0.460. The zero-order chi connectivity index (χ0) is 25.6. The van der Waals surface area contributed by atoms with Crippen molar-refractivity contribution >= 4 is 34.7 Å². The number of carbonyl (C=O) groups excluding carboxylic acids is 2. The largest absolute Gasteiger partial charge is 0.492 e. The molecule has 3 heterocycles. The summed E-state index contributed by atoms with van der Waals surface area (Å²) in [6.07, 6.45) is -0.0400. The zero-order valence-corrected chi connectivity index (χ0v) is 20.3. The summed E-state index contributed by atoms with van der Waals surface area (Å²) in [4.78, 5) is 40.3. The molecule has 0 fully saturated rings. The van der Waals surface area contributed by atoms with Gasteiger partial charge in [0.15, 0.2) is 11.5 Å². The Morgan fingerprint density at radius 3 is 2.50 bits per heavy atom. The van der Waals surface area contributed by atoms with Gasteiger partial charge in [-0.25, -0.2) is 4.39 Å². The van der Waals surface area contributed by atoms with Gasteiger partial charge in [-0.2, -0.15) is 0 Å². The summed E-state index contributed by atoms with van der Waals surface area (Å²) >= 11 is 0.905. The van der Waals surface area contributed by atoms with Gasteiger partial charge in [0, 0.05) is 17.9 Å². The van der Waals surface area contributed by atoms with Crippen LogP contribution in [-0.2, 0) is 20.9 Å². The van der Waals surface area contributed by atoms with Gasteiger partial charge in [0.1, 0.15) is 18.2 Å². The number of ether oxygens (including phenoxy) is 5. The number of esters is 1. The van der Waals surface area contributed by atoms with Gasteiger partial charge in [0.2, 0.25) is 24.2 Å². The molecule has 2 aliphatic rings. The highest BCUT2D eigenvalue weighted by atomic mass is 32.1. The summed E-state index contributed by atoms with van der Waals surface area (Å²) in [5, 5.41) is 0. The number of fused-ring (bicyclic) bond motifs is 2. The molecular formula is C24H21FN2O8S. The van der Waals surface area contributed by atoms with Crippen molar-refractivity contribution in [2.24, 2.45) is 0 Å². The first-order valence-corrected chi connectivity index (χ1v) is 11.6. The molecule has 2 aromatic carbocycles. The van der Waals surface area contributed by atoms with E-state index in [0.29, 0.717) is 39.1 Å². The van der Waals surface area contributed by atoms with Gasteiger partial charge >= 0.3 is 10.8 Å². The summed E-state index contributed by atoms with van der Waals surface area (Å²) in [5.41, 5.74) is 0.908. The molecule has 5 rings (SSSR count). The van der Waals surface area contributed by atoms with E-state index >= 15 is 0 Å². The van der Waals surface area contributed by atoms with Crippen LogP contribution >= 0.6 is 11.3 Å². The Morgan fingerprint density at radius 1 is 1.11 bits per heavy atom. The van der Waals surface area contributed by atoms with E-state index in [4.69, 9.17) is 23.7 Å². The average molecular weight is 517 g/mol. The minimum atomic E-state index is -0.659. The summed E-state index contributed by atoms with van der Waals surface area (Å²) in [7, 11) is 4.13. The molecule has 2 aliphatic heterocycles. The predicted octanol–water partition coefficient (Wildman–Crippen LogP) is 3.17. The van der Waals surface area contributed by atoms with Crippen LogP contribution in [-0.4, -0.2) is 44.6 Å². The first-order valence-electron chi connectivity index (χ1n) is 10.8. The number of thiazole rings is 1. The van der Waals surface area contributed by atoms with Crippen molar-refractivity contribution in [2.45, 2.75) is 18.9 Å². The highest BCUT2D eigenvalue weighted by molar-refractivity contribution is 7.10. The Hall–Kier alpha value is -4.06. The molecule has 1 amide bonds. The molecule has 0 N–H and O–H groups in total. The fraction of sp³-hybridized carbons (Fsp3) is 0.292. The van der Waals surface area contributed by atoms with Crippen molar-refractivity contribution in [3.63, 3.8) is 0 Å². The minimum Gasteiger partial charge on any atom is -0.492 e. The van der Waals surface area contributed by atoms with Crippen LogP contribution in [0.2, 0.25) is 0 Å². The molecule has 1 atom stereocenters. The van der Waals surface area contributed by atoms with Crippen LogP contribution in [0.5, 0.6) is 23.0 Å². The summed E-state index contributed by atoms with van der Waals surface area (Å²) in [5.74, 6) is -0.483. The van der Waals surface area contributed by atoms with E-state index in [2.05, 4.69) is 0 Å². The Kier molecular flexibility index (Phi) is 6.04. The normalized spacial score (nSPS) is 16.1. The van der Waals surface area contributed by atoms with Crippen molar-refractivity contribution in [2.75, 3.05) is 33.0 Å². The highest BCUT2D eigenvalue weighted by Gasteiger charge is 2.41. The Balaban J connectivity index is 1.74. The van der Waals surface area contributed by atoms with Crippen LogP contribution in [0.25, 0.3) is 0 Å². The van der Waals surface area contributed by atoms with E-state index in [0.717, 1.165) is 11.3 Å². The maximum atomic E-state index is 13.6. The molecule has 36 heavy (non-hydrogen) atoms. The van der Waals surface area contributed by atoms with E-state index in [1.165, 1.54) is 55.1 Å². The predicted molar refractivity (Wildman–Crippen MR) is 126 cm³/mol. The lowest BCUT2D eigenvalue weighted by Gasteiger charge is -2.33. The van der Waals surface area contributed by atoms with Gasteiger partial charge in [-0.15, -0.1) is 0 Å². The van der Waals surface area contributed by atoms with Crippen LogP contribution in [0, 0.1) is 5.82 Å². The SMILES string of the molecule is COC(=O)Cn1c2c(sc1=O)C(c1cc3c(c(OC)c1OC)OCO3)CC(=O)N2c1ccc(F)cc1. The lowest BCUT2D eigenvalue weighted by atomic mass is 9.89. The first-order chi connectivity index (χ1) is 17.4. The third kappa shape index (κ3) is 3.73. The summed E-state index contributed by atoms with van der Waals surface area (Å²) in [6.45, 7) is -0.408. The lowest BCUT2D eigenvalue weighted by molar-refractivity contribution is -0.141. The van der Waals surface area contributed by atoms with Gasteiger partial charge in [0.05, 0.1) is 31.9 Å². The number of carbonyl (C=O) groups is 2. The molecule has 0 aliphatic carbocycles. The molecule has 0 spiro atoms. The maximum Gasteiger partial charge on any atom is 0.325 e. The van der Waals surface area contributed by atoms with E-state index in [-0.39, 0.29) is 24.9 Å². The molecule has 0 saturated heterocycles. The molecule has 12 heteroatoms. The molecule has 3 aromatic rings. The minimum absolute atomic E-state index is 0.00562. The van der Waals surface area contributed by atoms with Crippen LogP contribution in [0.15, 0.2) is 35.1 Å². The van der Waals surface area contributed by atoms with Crippen LogP contribution in [0.1, 0.15) is 22.8 Å². The molecule has 10 nitrogen and oxygen atoms in total. The molecule has 188 valence electrons.